The van der Waals surface area contributed by atoms with Crippen LogP contribution in [0.3, 0.4) is 0 Å². The van der Waals surface area contributed by atoms with E-state index < -0.39 is 8.07 Å². The molecule has 3 aromatic heterocycles. The second-order valence-electron chi connectivity index (χ2n) is 10.4. The molecule has 0 spiro atoms. The van der Waals surface area contributed by atoms with Crippen LogP contribution in [-0.2, 0) is 20.1 Å². The van der Waals surface area contributed by atoms with Gasteiger partial charge in [0.15, 0.2) is 0 Å². The maximum absolute atomic E-state index is 5.97. The molecule has 0 bridgehead atoms. The monoisotopic (exact) mass is 691 g/mol. The van der Waals surface area contributed by atoms with Crippen LogP contribution < -0.4 is 5.19 Å². The SMILES string of the molecule is C[Si](C)(C)c1[c-]c(-c2nccc3oc4ccccc4c23)ccc1.Cc1c[c-]c(-c2ccc(C)cn2)cc1.[Ir]. The average Bonchev–Trinajstić information content (AvgIpc) is 3.29. The van der Waals surface area contributed by atoms with E-state index in [1.165, 1.54) is 16.3 Å². The molecule has 0 unspecified atom stereocenters. The first-order valence-corrected chi connectivity index (χ1v) is 16.0. The molecule has 3 heterocycles. The van der Waals surface area contributed by atoms with Gasteiger partial charge in [-0.3, -0.25) is 0 Å². The smallest absolute Gasteiger partial charge is 0.134 e. The summed E-state index contributed by atoms with van der Waals surface area (Å²) < 4.78 is 5.97. The molecule has 0 N–H and O–H groups in total. The maximum Gasteiger partial charge on any atom is 0.134 e. The predicted molar refractivity (Wildman–Crippen MR) is 157 cm³/mol. The topological polar surface area (TPSA) is 38.9 Å². The summed E-state index contributed by atoms with van der Waals surface area (Å²) in [5, 5.41) is 3.51. The Labute approximate surface area is 239 Å². The summed E-state index contributed by atoms with van der Waals surface area (Å²) in [6.07, 6.45) is 3.69. The van der Waals surface area contributed by atoms with Crippen molar-refractivity contribution in [1.29, 1.82) is 0 Å². The van der Waals surface area contributed by atoms with Gasteiger partial charge in [-0.15, -0.1) is 70.4 Å². The molecular weight excluding hydrogens is 661 g/mol. The van der Waals surface area contributed by atoms with Crippen LogP contribution in [-0.4, -0.2) is 18.0 Å². The number of rotatable bonds is 3. The Kier molecular flexibility index (Phi) is 8.42. The van der Waals surface area contributed by atoms with E-state index in [9.17, 15) is 0 Å². The van der Waals surface area contributed by atoms with Crippen LogP contribution in [0.5, 0.6) is 0 Å². The van der Waals surface area contributed by atoms with E-state index in [-0.39, 0.29) is 20.1 Å². The second-order valence-corrected chi connectivity index (χ2v) is 15.4. The zero-order valence-corrected chi connectivity index (χ0v) is 25.7. The van der Waals surface area contributed by atoms with E-state index in [0.717, 1.165) is 44.5 Å². The summed E-state index contributed by atoms with van der Waals surface area (Å²) >= 11 is 0. The molecule has 0 aliphatic carbocycles. The van der Waals surface area contributed by atoms with Gasteiger partial charge in [-0.1, -0.05) is 56.9 Å². The van der Waals surface area contributed by atoms with E-state index in [1.54, 1.807) is 0 Å². The zero-order chi connectivity index (χ0) is 26.0. The number of nitrogens with zero attached hydrogens (tertiary/aromatic N) is 2. The van der Waals surface area contributed by atoms with Crippen LogP contribution in [0.25, 0.3) is 44.5 Å². The number of fused-ring (bicyclic) bond motifs is 3. The molecule has 0 saturated heterocycles. The van der Waals surface area contributed by atoms with E-state index in [0.29, 0.717) is 0 Å². The maximum atomic E-state index is 5.97. The summed E-state index contributed by atoms with van der Waals surface area (Å²) in [4.78, 5) is 8.99. The number of hydrogen-bond donors (Lipinski definition) is 0. The van der Waals surface area contributed by atoms with Crippen LogP contribution in [0.1, 0.15) is 11.1 Å². The molecule has 6 rings (SSSR count). The van der Waals surface area contributed by atoms with Crippen molar-refractivity contribution in [3.63, 3.8) is 0 Å². The third kappa shape index (κ3) is 6.02. The Bertz CT molecular complexity index is 1620. The number of aromatic nitrogens is 2. The number of hydrogen-bond acceptors (Lipinski definition) is 3. The number of furan rings is 1. The van der Waals surface area contributed by atoms with Gasteiger partial charge in [0.05, 0.1) is 8.07 Å². The fourth-order valence-electron chi connectivity index (χ4n) is 4.21. The second kappa shape index (κ2) is 11.6. The first kappa shape index (κ1) is 27.7. The van der Waals surface area contributed by atoms with Crippen LogP contribution in [0.4, 0.5) is 0 Å². The van der Waals surface area contributed by atoms with Gasteiger partial charge in [0.2, 0.25) is 0 Å². The van der Waals surface area contributed by atoms with E-state index in [1.807, 2.05) is 61.8 Å². The van der Waals surface area contributed by atoms with Crippen molar-refractivity contribution in [3.05, 3.63) is 115 Å². The minimum absolute atomic E-state index is 0. The molecule has 38 heavy (non-hydrogen) atoms. The van der Waals surface area contributed by atoms with Gasteiger partial charge < -0.3 is 14.4 Å². The summed E-state index contributed by atoms with van der Waals surface area (Å²) in [7, 11) is -1.41. The van der Waals surface area contributed by atoms with Crippen molar-refractivity contribution >= 4 is 35.2 Å². The molecule has 3 aromatic carbocycles. The van der Waals surface area contributed by atoms with Crippen molar-refractivity contribution in [2.24, 2.45) is 0 Å². The fourth-order valence-corrected chi connectivity index (χ4v) is 5.31. The summed E-state index contributed by atoms with van der Waals surface area (Å²) in [5.74, 6) is 0. The first-order chi connectivity index (χ1) is 17.8. The van der Waals surface area contributed by atoms with Gasteiger partial charge >= 0.3 is 0 Å². The third-order valence-electron chi connectivity index (χ3n) is 6.30. The molecule has 3 nitrogen and oxygen atoms in total. The van der Waals surface area contributed by atoms with E-state index >= 15 is 0 Å². The number of pyridine rings is 2. The van der Waals surface area contributed by atoms with Crippen molar-refractivity contribution in [1.82, 2.24) is 9.97 Å². The van der Waals surface area contributed by atoms with Crippen LogP contribution in [0.15, 0.2) is 95.7 Å². The predicted octanol–water partition coefficient (Wildman–Crippen LogP) is 8.16. The quantitative estimate of drug-likeness (QED) is 0.139. The minimum Gasteiger partial charge on any atom is -0.457 e. The standard InChI is InChI=1S/C20H18NOSi.C13H12N.Ir/c1-23(2,3)15-8-6-7-14(13-15)20-19-16-9-4-5-10-17(16)22-18(19)11-12-21-20;1-10-3-6-12(7-4-10)13-8-5-11(2)9-14-13;/h4-12H,1-3H3;3-6,8-9H,1-2H3;/q2*-1;. The Morgan fingerprint density at radius 3 is 2.24 bits per heavy atom. The van der Waals surface area contributed by atoms with Crippen molar-refractivity contribution < 1.29 is 24.5 Å². The van der Waals surface area contributed by atoms with Gasteiger partial charge in [0.1, 0.15) is 11.2 Å². The van der Waals surface area contributed by atoms with Gasteiger partial charge in [-0.2, -0.15) is 0 Å². The first-order valence-electron chi connectivity index (χ1n) is 12.5. The van der Waals surface area contributed by atoms with Gasteiger partial charge in [-0.25, -0.2) is 0 Å². The number of aryl methyl sites for hydroxylation is 2. The van der Waals surface area contributed by atoms with E-state index in [2.05, 4.69) is 85.1 Å². The summed E-state index contributed by atoms with van der Waals surface area (Å²) in [6, 6.07) is 33.5. The van der Waals surface area contributed by atoms with Crippen LogP contribution >= 0.6 is 0 Å². The zero-order valence-electron chi connectivity index (χ0n) is 22.3. The Balaban J connectivity index is 0.000000193. The Morgan fingerprint density at radius 2 is 1.53 bits per heavy atom. The molecule has 6 aromatic rings. The molecule has 0 saturated carbocycles. The molecule has 193 valence electrons. The Hall–Kier alpha value is -3.37. The largest absolute Gasteiger partial charge is 0.457 e. The van der Waals surface area contributed by atoms with Crippen molar-refractivity contribution in [2.75, 3.05) is 0 Å². The van der Waals surface area contributed by atoms with Crippen LogP contribution in [0.2, 0.25) is 19.6 Å². The van der Waals surface area contributed by atoms with Gasteiger partial charge in [-0.05, 0) is 36.0 Å². The normalized spacial score (nSPS) is 11.1. The molecule has 0 atom stereocenters. The summed E-state index contributed by atoms with van der Waals surface area (Å²) in [5.41, 5.74) is 8.21. The molecule has 0 amide bonds. The molecule has 0 aliphatic rings. The van der Waals surface area contributed by atoms with Crippen LogP contribution in [0, 0.1) is 26.0 Å². The molecule has 0 fully saturated rings. The van der Waals surface area contributed by atoms with E-state index in [4.69, 9.17) is 4.42 Å². The molecule has 0 aliphatic heterocycles. The van der Waals surface area contributed by atoms with Gasteiger partial charge in [0.25, 0.3) is 0 Å². The minimum atomic E-state index is -1.41. The number of benzene rings is 3. The Morgan fingerprint density at radius 1 is 0.737 bits per heavy atom. The average molecular weight is 691 g/mol. The molecule has 5 heteroatoms. The third-order valence-corrected chi connectivity index (χ3v) is 8.21. The number of para-hydroxylation sites is 1. The van der Waals surface area contributed by atoms with Gasteiger partial charge in [0, 0.05) is 43.3 Å². The fraction of sp³-hybridized carbons (Fsp3) is 0.152. The molecule has 1 radical (unpaired) electrons. The van der Waals surface area contributed by atoms with Crippen molar-refractivity contribution in [3.8, 4) is 22.5 Å². The van der Waals surface area contributed by atoms with Crippen molar-refractivity contribution in [2.45, 2.75) is 33.5 Å². The summed E-state index contributed by atoms with van der Waals surface area (Å²) in [6.45, 7) is 11.1. The molecular formula is C33H30IrN2OSi-2.